The zero-order valence-electron chi connectivity index (χ0n) is 19.1. The fourth-order valence-corrected chi connectivity index (χ4v) is 5.52. The van der Waals surface area contributed by atoms with Crippen LogP contribution in [0, 0.1) is 0 Å². The van der Waals surface area contributed by atoms with Crippen LogP contribution in [-0.4, -0.2) is 71.6 Å². The molecule has 2 heterocycles. The van der Waals surface area contributed by atoms with E-state index in [0.29, 0.717) is 61.2 Å². The van der Waals surface area contributed by atoms with Crippen molar-refractivity contribution < 1.29 is 32.2 Å². The molecule has 1 saturated heterocycles. The van der Waals surface area contributed by atoms with Crippen LogP contribution in [0.5, 0.6) is 11.5 Å². The number of rotatable bonds is 7. The first-order valence-electron chi connectivity index (χ1n) is 10.9. The van der Waals surface area contributed by atoms with Crippen LogP contribution in [0.2, 0.25) is 0 Å². The van der Waals surface area contributed by atoms with Crippen LogP contribution in [0.25, 0.3) is 0 Å². The van der Waals surface area contributed by atoms with Gasteiger partial charge in [0.15, 0.2) is 11.5 Å². The first-order chi connectivity index (χ1) is 16.3. The second kappa shape index (κ2) is 10.00. The van der Waals surface area contributed by atoms with Gasteiger partial charge in [0.05, 0.1) is 32.3 Å². The molecule has 0 unspecified atom stereocenters. The molecule has 2 amide bonds. The fourth-order valence-electron chi connectivity index (χ4n) is 4.06. The number of benzene rings is 2. The van der Waals surface area contributed by atoms with Crippen molar-refractivity contribution in [3.8, 4) is 11.5 Å². The van der Waals surface area contributed by atoms with Crippen LogP contribution in [0.1, 0.15) is 12.0 Å². The number of hydrogen-bond acceptors (Lipinski definition) is 7. The SMILES string of the molecule is COc1ccc(NC(=O)CN2C(=O)CCc3cc(S(=O)(=O)N4CCOCC4)ccc32)cc1OC. The molecule has 182 valence electrons. The molecular formula is C23H27N3O7S. The van der Waals surface area contributed by atoms with Crippen LogP contribution in [0.4, 0.5) is 11.4 Å². The van der Waals surface area contributed by atoms with E-state index in [1.165, 1.54) is 29.5 Å². The molecule has 1 N–H and O–H groups in total. The first kappa shape index (κ1) is 24.0. The molecule has 0 aliphatic carbocycles. The van der Waals surface area contributed by atoms with Gasteiger partial charge in [0, 0.05) is 37.0 Å². The monoisotopic (exact) mass is 489 g/mol. The number of fused-ring (bicyclic) bond motifs is 1. The molecule has 2 aromatic carbocycles. The van der Waals surface area contributed by atoms with Crippen molar-refractivity contribution in [3.63, 3.8) is 0 Å². The van der Waals surface area contributed by atoms with Gasteiger partial charge in [-0.2, -0.15) is 4.31 Å². The quantitative estimate of drug-likeness (QED) is 0.629. The fraction of sp³-hybridized carbons (Fsp3) is 0.391. The Balaban J connectivity index is 1.52. The normalized spacial score (nSPS) is 16.6. The molecule has 0 aromatic heterocycles. The highest BCUT2D eigenvalue weighted by Gasteiger charge is 2.30. The molecular weight excluding hydrogens is 462 g/mol. The number of carbonyl (C=O) groups is 2. The van der Waals surface area contributed by atoms with E-state index in [1.807, 2.05) is 0 Å². The van der Waals surface area contributed by atoms with Crippen molar-refractivity contribution >= 4 is 33.2 Å². The topological polar surface area (TPSA) is 114 Å². The standard InChI is InChI=1S/C23H27N3O7S/c1-31-20-7-4-17(14-21(20)32-2)24-22(27)15-26-19-6-5-18(13-16(19)3-8-23(26)28)34(29,30)25-9-11-33-12-10-25/h4-7,13-14H,3,8-12,15H2,1-2H3,(H,24,27). The maximum Gasteiger partial charge on any atom is 0.244 e. The van der Waals surface area contributed by atoms with Gasteiger partial charge in [-0.1, -0.05) is 0 Å². The average molecular weight is 490 g/mol. The lowest BCUT2D eigenvalue weighted by Gasteiger charge is -2.30. The van der Waals surface area contributed by atoms with Gasteiger partial charge in [0.25, 0.3) is 0 Å². The molecule has 4 rings (SSSR count). The predicted octanol–water partition coefficient (Wildman–Crippen LogP) is 1.64. The first-order valence-corrected chi connectivity index (χ1v) is 12.3. The number of nitrogens with one attached hydrogen (secondary N) is 1. The molecule has 2 aliphatic heterocycles. The summed E-state index contributed by atoms with van der Waals surface area (Å²) in [6.45, 7) is 1.14. The lowest BCUT2D eigenvalue weighted by Crippen LogP contribution is -2.42. The Hall–Kier alpha value is -3.15. The third-order valence-corrected chi connectivity index (χ3v) is 7.72. The van der Waals surface area contributed by atoms with Crippen LogP contribution in [-0.2, 0) is 30.8 Å². The lowest BCUT2D eigenvalue weighted by molar-refractivity contribution is -0.121. The number of sulfonamides is 1. The summed E-state index contributed by atoms with van der Waals surface area (Å²) in [5.74, 6) is 0.411. The van der Waals surface area contributed by atoms with Crippen LogP contribution < -0.4 is 19.7 Å². The van der Waals surface area contributed by atoms with Crippen molar-refractivity contribution in [2.75, 3.05) is 57.3 Å². The number of aryl methyl sites for hydroxylation is 1. The van der Waals surface area contributed by atoms with E-state index in [0.717, 1.165) is 0 Å². The minimum Gasteiger partial charge on any atom is -0.493 e. The second-order valence-corrected chi connectivity index (χ2v) is 9.84. The molecule has 1 fully saturated rings. The van der Waals surface area contributed by atoms with Gasteiger partial charge in [-0.3, -0.25) is 9.59 Å². The van der Waals surface area contributed by atoms with Crippen molar-refractivity contribution in [2.45, 2.75) is 17.7 Å². The molecule has 2 aromatic rings. The maximum absolute atomic E-state index is 13.0. The number of morpholine rings is 1. The van der Waals surface area contributed by atoms with Crippen molar-refractivity contribution in [1.82, 2.24) is 4.31 Å². The van der Waals surface area contributed by atoms with Crippen LogP contribution in [0.3, 0.4) is 0 Å². The van der Waals surface area contributed by atoms with E-state index in [-0.39, 0.29) is 23.8 Å². The van der Waals surface area contributed by atoms with E-state index in [4.69, 9.17) is 14.2 Å². The molecule has 34 heavy (non-hydrogen) atoms. The number of amides is 2. The summed E-state index contributed by atoms with van der Waals surface area (Å²) < 4.78 is 43.1. The number of methoxy groups -OCH3 is 2. The number of carbonyl (C=O) groups excluding carboxylic acids is 2. The molecule has 0 radical (unpaired) electrons. The second-order valence-electron chi connectivity index (χ2n) is 7.90. The van der Waals surface area contributed by atoms with Crippen molar-refractivity contribution in [2.24, 2.45) is 0 Å². The highest BCUT2D eigenvalue weighted by molar-refractivity contribution is 7.89. The number of hydrogen-bond donors (Lipinski definition) is 1. The summed E-state index contributed by atoms with van der Waals surface area (Å²) in [4.78, 5) is 26.9. The summed E-state index contributed by atoms with van der Waals surface area (Å²) in [5, 5.41) is 2.76. The van der Waals surface area contributed by atoms with E-state index < -0.39 is 15.9 Å². The highest BCUT2D eigenvalue weighted by atomic mass is 32.2. The predicted molar refractivity (Wildman–Crippen MR) is 125 cm³/mol. The zero-order valence-corrected chi connectivity index (χ0v) is 19.9. The van der Waals surface area contributed by atoms with Crippen molar-refractivity contribution in [3.05, 3.63) is 42.0 Å². The summed E-state index contributed by atoms with van der Waals surface area (Å²) in [5.41, 5.74) is 1.76. The van der Waals surface area contributed by atoms with Crippen LogP contribution >= 0.6 is 0 Å². The Morgan fingerprint density at radius 2 is 1.76 bits per heavy atom. The van der Waals surface area contributed by atoms with Gasteiger partial charge in [0.2, 0.25) is 21.8 Å². The number of nitrogens with zero attached hydrogens (tertiary/aromatic N) is 2. The third kappa shape index (κ3) is 4.86. The summed E-state index contributed by atoms with van der Waals surface area (Å²) >= 11 is 0. The lowest BCUT2D eigenvalue weighted by atomic mass is 10.0. The highest BCUT2D eigenvalue weighted by Crippen LogP contribution is 2.32. The van der Waals surface area contributed by atoms with E-state index in [2.05, 4.69) is 5.32 Å². The van der Waals surface area contributed by atoms with Gasteiger partial charge in [-0.05, 0) is 42.3 Å². The van der Waals surface area contributed by atoms with Crippen molar-refractivity contribution in [1.29, 1.82) is 0 Å². The van der Waals surface area contributed by atoms with Gasteiger partial charge < -0.3 is 24.4 Å². The molecule has 0 saturated carbocycles. The van der Waals surface area contributed by atoms with Gasteiger partial charge >= 0.3 is 0 Å². The third-order valence-electron chi connectivity index (χ3n) is 5.83. The summed E-state index contributed by atoms with van der Waals surface area (Å²) in [6, 6.07) is 9.67. The number of ether oxygens (including phenoxy) is 3. The Kier molecular flexibility index (Phi) is 7.05. The van der Waals surface area contributed by atoms with E-state index in [9.17, 15) is 18.0 Å². The van der Waals surface area contributed by atoms with Gasteiger partial charge in [-0.15, -0.1) is 0 Å². The Morgan fingerprint density at radius 3 is 2.47 bits per heavy atom. The largest absolute Gasteiger partial charge is 0.493 e. The van der Waals surface area contributed by atoms with E-state index in [1.54, 1.807) is 30.3 Å². The average Bonchev–Trinajstić information content (AvgIpc) is 2.85. The van der Waals surface area contributed by atoms with Gasteiger partial charge in [0.1, 0.15) is 6.54 Å². The number of anilines is 2. The van der Waals surface area contributed by atoms with E-state index >= 15 is 0 Å². The molecule has 0 bridgehead atoms. The molecule has 2 aliphatic rings. The molecule has 10 nitrogen and oxygen atoms in total. The Labute approximate surface area is 198 Å². The summed E-state index contributed by atoms with van der Waals surface area (Å²) in [6.07, 6.45) is 0.603. The Morgan fingerprint density at radius 1 is 1.03 bits per heavy atom. The Bertz CT molecular complexity index is 1190. The molecule has 0 spiro atoms. The van der Waals surface area contributed by atoms with Crippen LogP contribution in [0.15, 0.2) is 41.3 Å². The zero-order chi connectivity index (χ0) is 24.3. The minimum atomic E-state index is -3.65. The summed E-state index contributed by atoms with van der Waals surface area (Å²) in [7, 11) is -0.633. The molecule has 11 heteroatoms. The van der Waals surface area contributed by atoms with Gasteiger partial charge in [-0.25, -0.2) is 8.42 Å². The molecule has 0 atom stereocenters. The maximum atomic E-state index is 13.0. The smallest absolute Gasteiger partial charge is 0.244 e. The minimum absolute atomic E-state index is 0.178.